The van der Waals surface area contributed by atoms with Gasteiger partial charge in [0, 0.05) is 29.3 Å². The highest BCUT2D eigenvalue weighted by Gasteiger charge is 2.22. The number of rotatable bonds is 4. The van der Waals surface area contributed by atoms with Gasteiger partial charge in [-0.25, -0.2) is 9.82 Å². The first-order chi connectivity index (χ1) is 10.1. The van der Waals surface area contributed by atoms with E-state index in [1.54, 1.807) is 12.3 Å². The van der Waals surface area contributed by atoms with Gasteiger partial charge in [-0.3, -0.25) is 10.5 Å². The van der Waals surface area contributed by atoms with Crippen LogP contribution in [0.1, 0.15) is 29.9 Å². The van der Waals surface area contributed by atoms with Gasteiger partial charge in [0.2, 0.25) is 0 Å². The Labute approximate surface area is 121 Å². The molecule has 6 heteroatoms. The number of hydrogen-bond donors (Lipinski definition) is 2. The number of fused-ring (bicyclic) bond motifs is 1. The molecule has 0 spiro atoms. The minimum atomic E-state index is -0.319. The van der Waals surface area contributed by atoms with Gasteiger partial charge < -0.3 is 4.42 Å². The van der Waals surface area contributed by atoms with Gasteiger partial charge in [-0.05, 0) is 32.0 Å². The lowest BCUT2D eigenvalue weighted by atomic mass is 10.0. The summed E-state index contributed by atoms with van der Waals surface area (Å²) in [5.41, 5.74) is 5.17. The molecule has 2 aromatic heterocycles. The summed E-state index contributed by atoms with van der Waals surface area (Å²) in [5.74, 6) is 6.08. The molecule has 0 amide bonds. The number of aryl methyl sites for hydroxylation is 2. The topological polar surface area (TPSA) is 69.0 Å². The summed E-state index contributed by atoms with van der Waals surface area (Å²) in [6, 6.07) is 4.17. The van der Waals surface area contributed by atoms with Crippen LogP contribution in [0.15, 0.2) is 35.0 Å². The van der Waals surface area contributed by atoms with Crippen molar-refractivity contribution in [3.8, 4) is 0 Å². The molecular formula is C15H17FN4O. The quantitative estimate of drug-likeness (QED) is 0.572. The molecule has 110 valence electrons. The lowest BCUT2D eigenvalue weighted by Gasteiger charge is -2.12. The van der Waals surface area contributed by atoms with E-state index in [1.165, 1.54) is 12.1 Å². The van der Waals surface area contributed by atoms with Crippen LogP contribution >= 0.6 is 0 Å². The van der Waals surface area contributed by atoms with E-state index in [2.05, 4.69) is 10.5 Å². The maximum Gasteiger partial charge on any atom is 0.134 e. The van der Waals surface area contributed by atoms with Crippen LogP contribution in [0.25, 0.3) is 11.0 Å². The van der Waals surface area contributed by atoms with Crippen molar-refractivity contribution in [1.29, 1.82) is 0 Å². The van der Waals surface area contributed by atoms with Gasteiger partial charge in [-0.1, -0.05) is 0 Å². The van der Waals surface area contributed by atoms with Crippen molar-refractivity contribution in [1.82, 2.24) is 15.2 Å². The van der Waals surface area contributed by atoms with Gasteiger partial charge in [-0.15, -0.1) is 0 Å². The zero-order chi connectivity index (χ0) is 15.0. The molecule has 0 fully saturated rings. The fourth-order valence-corrected chi connectivity index (χ4v) is 2.51. The molecule has 0 radical (unpaired) electrons. The van der Waals surface area contributed by atoms with Crippen LogP contribution in [0.4, 0.5) is 4.39 Å². The minimum Gasteiger partial charge on any atom is -0.459 e. The Bertz CT molecular complexity index is 777. The average molecular weight is 288 g/mol. The molecule has 21 heavy (non-hydrogen) atoms. The van der Waals surface area contributed by atoms with E-state index in [9.17, 15) is 4.39 Å². The van der Waals surface area contributed by atoms with E-state index >= 15 is 0 Å². The molecule has 0 saturated carbocycles. The van der Waals surface area contributed by atoms with Crippen LogP contribution in [-0.4, -0.2) is 9.78 Å². The van der Waals surface area contributed by atoms with E-state index in [-0.39, 0.29) is 11.9 Å². The molecule has 0 bridgehead atoms. The number of furan rings is 1. The molecule has 1 aromatic carbocycles. The Hall–Kier alpha value is -2.18. The molecule has 0 aliphatic rings. The molecular weight excluding hydrogens is 271 g/mol. The van der Waals surface area contributed by atoms with Crippen LogP contribution in [0, 0.1) is 12.7 Å². The SMILES string of the molecule is CCn1cc(C(NN)c2oc3ccc(F)cc3c2C)cn1. The predicted octanol–water partition coefficient (Wildman–Crippen LogP) is 2.65. The van der Waals surface area contributed by atoms with Crippen LogP contribution in [-0.2, 0) is 6.54 Å². The number of hydrazine groups is 1. The van der Waals surface area contributed by atoms with E-state index in [0.29, 0.717) is 11.3 Å². The van der Waals surface area contributed by atoms with Crippen molar-refractivity contribution in [2.75, 3.05) is 0 Å². The molecule has 0 saturated heterocycles. The summed E-state index contributed by atoms with van der Waals surface area (Å²) in [6.07, 6.45) is 3.67. The number of benzene rings is 1. The Morgan fingerprint density at radius 3 is 2.95 bits per heavy atom. The molecule has 3 aromatic rings. The summed E-state index contributed by atoms with van der Waals surface area (Å²) in [6.45, 7) is 4.69. The zero-order valence-corrected chi connectivity index (χ0v) is 11.9. The van der Waals surface area contributed by atoms with Gasteiger partial charge in [0.25, 0.3) is 0 Å². The van der Waals surface area contributed by atoms with Crippen molar-refractivity contribution >= 4 is 11.0 Å². The van der Waals surface area contributed by atoms with Crippen molar-refractivity contribution in [2.45, 2.75) is 26.4 Å². The number of nitrogens with zero attached hydrogens (tertiary/aromatic N) is 2. The molecule has 5 nitrogen and oxygen atoms in total. The third-order valence-electron chi connectivity index (χ3n) is 3.67. The summed E-state index contributed by atoms with van der Waals surface area (Å²) in [5, 5.41) is 5.00. The maximum absolute atomic E-state index is 13.4. The number of nitrogens with one attached hydrogen (secondary N) is 1. The molecule has 3 rings (SSSR count). The molecule has 2 heterocycles. The first kappa shape index (κ1) is 13.8. The molecule has 3 N–H and O–H groups in total. The lowest BCUT2D eigenvalue weighted by molar-refractivity contribution is 0.473. The van der Waals surface area contributed by atoms with Crippen LogP contribution < -0.4 is 11.3 Å². The molecule has 0 aliphatic heterocycles. The largest absolute Gasteiger partial charge is 0.459 e. The molecule has 1 atom stereocenters. The van der Waals surface area contributed by atoms with E-state index in [0.717, 1.165) is 23.1 Å². The van der Waals surface area contributed by atoms with Gasteiger partial charge in [0.15, 0.2) is 0 Å². The fourth-order valence-electron chi connectivity index (χ4n) is 2.51. The van der Waals surface area contributed by atoms with Crippen molar-refractivity contribution in [2.24, 2.45) is 5.84 Å². The summed E-state index contributed by atoms with van der Waals surface area (Å²) < 4.78 is 21.1. The van der Waals surface area contributed by atoms with E-state index in [1.807, 2.05) is 24.7 Å². The monoisotopic (exact) mass is 288 g/mol. The van der Waals surface area contributed by atoms with Crippen molar-refractivity contribution in [3.05, 3.63) is 53.3 Å². The lowest BCUT2D eigenvalue weighted by Crippen LogP contribution is -2.28. The van der Waals surface area contributed by atoms with E-state index < -0.39 is 0 Å². The first-order valence-corrected chi connectivity index (χ1v) is 6.81. The Kier molecular flexibility index (Phi) is 3.48. The van der Waals surface area contributed by atoms with Crippen molar-refractivity contribution in [3.63, 3.8) is 0 Å². The Morgan fingerprint density at radius 1 is 1.48 bits per heavy atom. The summed E-state index contributed by atoms with van der Waals surface area (Å²) in [7, 11) is 0. The number of hydrogen-bond acceptors (Lipinski definition) is 4. The van der Waals surface area contributed by atoms with Crippen LogP contribution in [0.3, 0.4) is 0 Å². The highest BCUT2D eigenvalue weighted by atomic mass is 19.1. The smallest absolute Gasteiger partial charge is 0.134 e. The second-order valence-corrected chi connectivity index (χ2v) is 4.96. The van der Waals surface area contributed by atoms with Crippen LogP contribution in [0.2, 0.25) is 0 Å². The Balaban J connectivity index is 2.10. The van der Waals surface area contributed by atoms with Crippen LogP contribution in [0.5, 0.6) is 0 Å². The molecule has 1 unspecified atom stereocenters. The van der Waals surface area contributed by atoms with Gasteiger partial charge in [0.05, 0.1) is 6.20 Å². The Morgan fingerprint density at radius 2 is 2.29 bits per heavy atom. The van der Waals surface area contributed by atoms with Crippen molar-refractivity contribution < 1.29 is 8.81 Å². The normalized spacial score (nSPS) is 13.0. The second-order valence-electron chi connectivity index (χ2n) is 4.96. The van der Waals surface area contributed by atoms with Gasteiger partial charge >= 0.3 is 0 Å². The zero-order valence-electron chi connectivity index (χ0n) is 11.9. The van der Waals surface area contributed by atoms with Gasteiger partial charge in [-0.2, -0.15) is 5.10 Å². The highest BCUT2D eigenvalue weighted by Crippen LogP contribution is 2.32. The van der Waals surface area contributed by atoms with E-state index in [4.69, 9.17) is 10.3 Å². The summed E-state index contributed by atoms with van der Waals surface area (Å²) >= 11 is 0. The highest BCUT2D eigenvalue weighted by molar-refractivity contribution is 5.82. The predicted molar refractivity (Wildman–Crippen MR) is 78.0 cm³/mol. The first-order valence-electron chi connectivity index (χ1n) is 6.81. The standard InChI is InChI=1S/C15H17FN4O/c1-3-20-8-10(7-18-20)14(19-17)15-9(2)12-6-11(16)4-5-13(12)21-15/h4-8,14,19H,3,17H2,1-2H3. The number of aromatic nitrogens is 2. The number of nitrogens with two attached hydrogens (primary N) is 1. The van der Waals surface area contributed by atoms with Gasteiger partial charge in [0.1, 0.15) is 23.2 Å². The average Bonchev–Trinajstić information content (AvgIpc) is 3.07. The number of halogens is 1. The fraction of sp³-hybridized carbons (Fsp3) is 0.267. The minimum absolute atomic E-state index is 0.283. The third-order valence-corrected chi connectivity index (χ3v) is 3.67. The maximum atomic E-state index is 13.4. The molecule has 0 aliphatic carbocycles. The second kappa shape index (κ2) is 5.31. The third kappa shape index (κ3) is 2.32. The summed E-state index contributed by atoms with van der Waals surface area (Å²) in [4.78, 5) is 0.